The van der Waals surface area contributed by atoms with E-state index in [1.807, 2.05) is 50.2 Å². The number of halogens is 1. The van der Waals surface area contributed by atoms with E-state index in [2.05, 4.69) is 10.6 Å². The summed E-state index contributed by atoms with van der Waals surface area (Å²) in [5, 5.41) is 17.6. The van der Waals surface area contributed by atoms with Gasteiger partial charge in [-0.25, -0.2) is 12.7 Å². The molecule has 8 nitrogen and oxygen atoms in total. The van der Waals surface area contributed by atoms with Crippen LogP contribution in [0.5, 0.6) is 5.75 Å². The molecule has 0 aliphatic rings. The van der Waals surface area contributed by atoms with Gasteiger partial charge in [-0.05, 0) is 54.7 Å². The number of carbonyl (C=O) groups excluding carboxylic acids is 1. The van der Waals surface area contributed by atoms with Crippen molar-refractivity contribution in [3.05, 3.63) is 64.7 Å². The number of carbonyl (C=O) groups is 1. The maximum absolute atomic E-state index is 12.8. The Labute approximate surface area is 226 Å². The SMILES string of the molecule is CCCN(CCC)S(=O)(=O)CCC(=O)N[C@@H](Cc1ccc(Cl)cc1)[C@@H](O)CNCc1cccc(OC)c1. The first-order chi connectivity index (χ1) is 17.7. The van der Waals surface area contributed by atoms with E-state index in [1.54, 1.807) is 19.2 Å². The Bertz CT molecular complexity index is 1060. The first-order valence-corrected chi connectivity index (χ1v) is 14.7. The second-order valence-electron chi connectivity index (χ2n) is 9.02. The molecule has 0 saturated carbocycles. The highest BCUT2D eigenvalue weighted by atomic mass is 35.5. The van der Waals surface area contributed by atoms with Crippen LogP contribution >= 0.6 is 11.6 Å². The molecule has 2 aromatic rings. The number of amides is 1. The Hall–Kier alpha value is -2.17. The Morgan fingerprint density at radius 1 is 1.08 bits per heavy atom. The zero-order valence-electron chi connectivity index (χ0n) is 22.0. The molecule has 0 fully saturated rings. The van der Waals surface area contributed by atoms with Crippen molar-refractivity contribution in [2.45, 2.75) is 58.2 Å². The van der Waals surface area contributed by atoms with Gasteiger partial charge in [-0.1, -0.05) is 49.7 Å². The van der Waals surface area contributed by atoms with Crippen molar-refractivity contribution in [1.29, 1.82) is 0 Å². The van der Waals surface area contributed by atoms with Crippen molar-refractivity contribution in [3.63, 3.8) is 0 Å². The molecule has 0 aliphatic carbocycles. The first-order valence-electron chi connectivity index (χ1n) is 12.7. The molecule has 0 unspecified atom stereocenters. The van der Waals surface area contributed by atoms with Gasteiger partial charge in [0.2, 0.25) is 15.9 Å². The van der Waals surface area contributed by atoms with Crippen LogP contribution < -0.4 is 15.4 Å². The van der Waals surface area contributed by atoms with Crippen LogP contribution in [0.2, 0.25) is 5.02 Å². The third kappa shape index (κ3) is 11.0. The van der Waals surface area contributed by atoms with Crippen molar-refractivity contribution >= 4 is 27.5 Å². The molecule has 10 heteroatoms. The van der Waals surface area contributed by atoms with E-state index < -0.39 is 28.1 Å². The lowest BCUT2D eigenvalue weighted by Crippen LogP contribution is -2.49. The van der Waals surface area contributed by atoms with E-state index in [0.29, 0.717) is 43.9 Å². The topological polar surface area (TPSA) is 108 Å². The van der Waals surface area contributed by atoms with Gasteiger partial charge in [0.1, 0.15) is 5.75 Å². The number of benzene rings is 2. The number of nitrogens with one attached hydrogen (secondary N) is 2. The minimum atomic E-state index is -3.54. The van der Waals surface area contributed by atoms with Crippen LogP contribution in [-0.4, -0.2) is 68.4 Å². The van der Waals surface area contributed by atoms with E-state index >= 15 is 0 Å². The number of hydrogen-bond donors (Lipinski definition) is 3. The van der Waals surface area contributed by atoms with E-state index in [0.717, 1.165) is 16.9 Å². The summed E-state index contributed by atoms with van der Waals surface area (Å²) in [6.45, 7) is 5.48. The maximum atomic E-state index is 12.8. The number of aliphatic hydroxyl groups excluding tert-OH is 1. The summed E-state index contributed by atoms with van der Waals surface area (Å²) < 4.78 is 32.2. The molecule has 0 aromatic heterocycles. The van der Waals surface area contributed by atoms with Crippen molar-refractivity contribution in [1.82, 2.24) is 14.9 Å². The highest BCUT2D eigenvalue weighted by Crippen LogP contribution is 2.14. The lowest BCUT2D eigenvalue weighted by molar-refractivity contribution is -0.122. The molecule has 0 bridgehead atoms. The van der Waals surface area contributed by atoms with E-state index in [-0.39, 0.29) is 18.7 Å². The number of nitrogens with zero attached hydrogens (tertiary/aromatic N) is 1. The smallest absolute Gasteiger partial charge is 0.221 e. The fourth-order valence-corrected chi connectivity index (χ4v) is 5.71. The fourth-order valence-electron chi connectivity index (χ4n) is 3.97. The first kappa shape index (κ1) is 31.1. The fraction of sp³-hybridized carbons (Fsp3) is 0.519. The lowest BCUT2D eigenvalue weighted by Gasteiger charge is -2.25. The lowest BCUT2D eigenvalue weighted by atomic mass is 10.0. The molecule has 2 aromatic carbocycles. The Morgan fingerprint density at radius 2 is 1.76 bits per heavy atom. The molecule has 3 N–H and O–H groups in total. The van der Waals surface area contributed by atoms with Gasteiger partial charge in [-0.3, -0.25) is 4.79 Å². The summed E-state index contributed by atoms with van der Waals surface area (Å²) in [6.07, 6.45) is 0.717. The summed E-state index contributed by atoms with van der Waals surface area (Å²) in [7, 11) is -1.93. The average molecular weight is 554 g/mol. The molecule has 0 spiro atoms. The van der Waals surface area contributed by atoms with Crippen molar-refractivity contribution < 1.29 is 23.1 Å². The summed E-state index contributed by atoms with van der Waals surface area (Å²) >= 11 is 6.00. The standard InChI is InChI=1S/C27H40ClN3O5S/c1-4-14-31(15-5-2)37(34,35)16-13-27(33)30-25(18-21-9-11-23(28)12-10-21)26(32)20-29-19-22-7-6-8-24(17-22)36-3/h6-12,17,25-26,29,32H,4-5,13-16,18-20H2,1-3H3,(H,30,33)/t25-,26-/m0/s1. The predicted octanol–water partition coefficient (Wildman–Crippen LogP) is 3.37. The minimum absolute atomic E-state index is 0.173. The summed E-state index contributed by atoms with van der Waals surface area (Å²) in [4.78, 5) is 12.8. The van der Waals surface area contributed by atoms with Crippen LogP contribution in [0.25, 0.3) is 0 Å². The van der Waals surface area contributed by atoms with Gasteiger partial charge in [0.15, 0.2) is 0 Å². The normalized spacial score (nSPS) is 13.4. The number of methoxy groups -OCH3 is 1. The Kier molecular flexibility index (Phi) is 13.4. The van der Waals surface area contributed by atoms with Gasteiger partial charge >= 0.3 is 0 Å². The second kappa shape index (κ2) is 15.9. The summed E-state index contributed by atoms with van der Waals surface area (Å²) in [6, 6.07) is 14.2. The quantitative estimate of drug-likeness (QED) is 0.277. The third-order valence-electron chi connectivity index (χ3n) is 5.92. The van der Waals surface area contributed by atoms with Crippen LogP contribution in [-0.2, 0) is 27.8 Å². The minimum Gasteiger partial charge on any atom is -0.497 e. The number of sulfonamides is 1. The largest absolute Gasteiger partial charge is 0.497 e. The van der Waals surface area contributed by atoms with Crippen LogP contribution in [0.4, 0.5) is 0 Å². The van der Waals surface area contributed by atoms with Crippen LogP contribution in [0.1, 0.15) is 44.2 Å². The van der Waals surface area contributed by atoms with Gasteiger partial charge in [0.25, 0.3) is 0 Å². The molecule has 0 heterocycles. The zero-order chi connectivity index (χ0) is 27.3. The molecule has 0 aliphatic heterocycles. The second-order valence-corrected chi connectivity index (χ2v) is 11.5. The highest BCUT2D eigenvalue weighted by molar-refractivity contribution is 7.89. The molecular formula is C27H40ClN3O5S. The van der Waals surface area contributed by atoms with Gasteiger partial charge in [0.05, 0.1) is 25.0 Å². The maximum Gasteiger partial charge on any atom is 0.221 e. The van der Waals surface area contributed by atoms with Gasteiger partial charge in [-0.15, -0.1) is 0 Å². The molecule has 1 amide bonds. The number of aliphatic hydroxyl groups is 1. The zero-order valence-corrected chi connectivity index (χ0v) is 23.5. The highest BCUT2D eigenvalue weighted by Gasteiger charge is 2.25. The molecule has 2 rings (SSSR count). The molecule has 37 heavy (non-hydrogen) atoms. The number of rotatable bonds is 17. The van der Waals surface area contributed by atoms with Gasteiger partial charge < -0.3 is 20.5 Å². The van der Waals surface area contributed by atoms with Crippen LogP contribution in [0.15, 0.2) is 48.5 Å². The molecule has 0 radical (unpaired) electrons. The van der Waals surface area contributed by atoms with Crippen LogP contribution in [0, 0.1) is 0 Å². The van der Waals surface area contributed by atoms with Gasteiger partial charge in [-0.2, -0.15) is 0 Å². The molecule has 206 valence electrons. The average Bonchev–Trinajstić information content (AvgIpc) is 2.88. The molecule has 2 atom stereocenters. The Balaban J connectivity index is 2.02. The Morgan fingerprint density at radius 3 is 2.38 bits per heavy atom. The predicted molar refractivity (Wildman–Crippen MR) is 148 cm³/mol. The van der Waals surface area contributed by atoms with E-state index in [9.17, 15) is 18.3 Å². The number of hydrogen-bond acceptors (Lipinski definition) is 6. The summed E-state index contributed by atoms with van der Waals surface area (Å²) in [5.41, 5.74) is 1.89. The molecular weight excluding hydrogens is 514 g/mol. The van der Waals surface area contributed by atoms with Crippen molar-refractivity contribution in [2.75, 3.05) is 32.5 Å². The monoisotopic (exact) mass is 553 g/mol. The van der Waals surface area contributed by atoms with Crippen molar-refractivity contribution in [2.24, 2.45) is 0 Å². The van der Waals surface area contributed by atoms with E-state index in [1.165, 1.54) is 4.31 Å². The van der Waals surface area contributed by atoms with Crippen LogP contribution in [0.3, 0.4) is 0 Å². The number of ether oxygens (including phenoxy) is 1. The van der Waals surface area contributed by atoms with Crippen molar-refractivity contribution in [3.8, 4) is 5.75 Å². The van der Waals surface area contributed by atoms with Gasteiger partial charge in [0, 0.05) is 37.6 Å². The third-order valence-corrected chi connectivity index (χ3v) is 8.05. The van der Waals surface area contributed by atoms with E-state index in [4.69, 9.17) is 16.3 Å². The summed E-state index contributed by atoms with van der Waals surface area (Å²) in [5.74, 6) is 0.0675. The molecule has 0 saturated heterocycles.